The van der Waals surface area contributed by atoms with Crippen LogP contribution >= 0.6 is 0 Å². The van der Waals surface area contributed by atoms with Crippen LogP contribution in [0.15, 0.2) is 24.3 Å². The fraction of sp³-hybridized carbons (Fsp3) is 0.739. The zero-order valence-corrected chi connectivity index (χ0v) is 18.2. The smallest absolute Gasteiger partial charge is 0.406 e. The maximum absolute atomic E-state index is 12.3. The number of ketones is 1. The van der Waals surface area contributed by atoms with Crippen LogP contribution in [0.25, 0.3) is 0 Å². The maximum atomic E-state index is 12.3. The minimum absolute atomic E-state index is 0.0873. The van der Waals surface area contributed by atoms with Crippen LogP contribution in [0.4, 0.5) is 4.79 Å². The molecule has 29 heavy (non-hydrogen) atoms. The van der Waals surface area contributed by atoms with Gasteiger partial charge in [-0.15, -0.1) is 0 Å². The highest BCUT2D eigenvalue weighted by Gasteiger charge is 2.39. The summed E-state index contributed by atoms with van der Waals surface area (Å²) in [4.78, 5) is 23.2. The molecule has 0 aromatic heterocycles. The van der Waals surface area contributed by atoms with Crippen molar-refractivity contribution in [3.05, 3.63) is 24.3 Å². The second-order valence-electron chi connectivity index (χ2n) is 8.01. The van der Waals surface area contributed by atoms with Crippen molar-refractivity contribution in [2.75, 3.05) is 13.7 Å². The van der Waals surface area contributed by atoms with Gasteiger partial charge in [0.2, 0.25) is 0 Å². The molecule has 0 radical (unpaired) electrons. The van der Waals surface area contributed by atoms with E-state index in [1.54, 1.807) is 6.08 Å². The van der Waals surface area contributed by atoms with E-state index < -0.39 is 18.3 Å². The molecule has 6 heteroatoms. The van der Waals surface area contributed by atoms with Gasteiger partial charge in [0, 0.05) is 25.3 Å². The number of nitrogens with one attached hydrogen (secondary N) is 1. The zero-order valence-electron chi connectivity index (χ0n) is 18.2. The number of amides is 1. The lowest BCUT2D eigenvalue weighted by Crippen LogP contribution is -2.20. The average molecular weight is 410 g/mol. The third-order valence-corrected chi connectivity index (χ3v) is 5.62. The Morgan fingerprint density at radius 1 is 1.31 bits per heavy atom. The molecule has 1 unspecified atom stereocenters. The topological polar surface area (TPSA) is 95.9 Å². The van der Waals surface area contributed by atoms with E-state index in [2.05, 4.69) is 12.2 Å². The van der Waals surface area contributed by atoms with E-state index in [1.807, 2.05) is 25.2 Å². The summed E-state index contributed by atoms with van der Waals surface area (Å²) < 4.78 is 4.93. The SMILES string of the molecule is CCCCC(C)[C@H](O)C=C[C@H]1[C@H](O)CC(=O)[C@@H]1CC=CCCCCOC(=O)NC. The molecule has 3 N–H and O–H groups in total. The first-order valence-corrected chi connectivity index (χ1v) is 11.0. The Labute approximate surface area is 175 Å². The molecule has 1 amide bonds. The summed E-state index contributed by atoms with van der Waals surface area (Å²) in [6.07, 6.45) is 12.5. The van der Waals surface area contributed by atoms with E-state index in [1.165, 1.54) is 7.05 Å². The predicted molar refractivity (Wildman–Crippen MR) is 114 cm³/mol. The summed E-state index contributed by atoms with van der Waals surface area (Å²) in [5, 5.41) is 23.0. The number of aliphatic hydroxyl groups is 2. The summed E-state index contributed by atoms with van der Waals surface area (Å²) in [6, 6.07) is 0. The zero-order chi connectivity index (χ0) is 21.6. The van der Waals surface area contributed by atoms with Crippen molar-refractivity contribution in [2.24, 2.45) is 17.8 Å². The standard InChI is InChI=1S/C23H39NO5/c1-4-5-11-17(2)20(25)14-13-19-18(21(26)16-22(19)27)12-9-7-6-8-10-15-29-23(28)24-3/h7,9,13-14,17-20,22,25,27H,4-6,8,10-12,15-16H2,1-3H3,(H,24,28)/t17?,18-,19-,20-,22-/m1/s1. The molecule has 1 rings (SSSR count). The van der Waals surface area contributed by atoms with Crippen molar-refractivity contribution in [2.45, 2.75) is 77.4 Å². The Morgan fingerprint density at radius 2 is 2.07 bits per heavy atom. The minimum Gasteiger partial charge on any atom is -0.450 e. The molecule has 1 fully saturated rings. The number of Topliss-reactive ketones (excluding diaryl/α,β-unsaturated/α-hetero) is 1. The van der Waals surface area contributed by atoms with E-state index in [4.69, 9.17) is 4.74 Å². The number of ether oxygens (including phenoxy) is 1. The lowest BCUT2D eigenvalue weighted by atomic mass is 9.89. The monoisotopic (exact) mass is 409 g/mol. The number of unbranched alkanes of at least 4 members (excludes halogenated alkanes) is 3. The quantitative estimate of drug-likeness (QED) is 0.318. The van der Waals surface area contributed by atoms with Crippen LogP contribution in [0.3, 0.4) is 0 Å². The van der Waals surface area contributed by atoms with Gasteiger partial charge in [-0.3, -0.25) is 4.79 Å². The van der Waals surface area contributed by atoms with Gasteiger partial charge in [0.05, 0.1) is 18.8 Å². The van der Waals surface area contributed by atoms with Crippen LogP contribution in [0.2, 0.25) is 0 Å². The molecule has 1 saturated carbocycles. The number of alkyl carbamates (subject to hydrolysis) is 1. The number of hydrogen-bond acceptors (Lipinski definition) is 5. The van der Waals surface area contributed by atoms with Crippen LogP contribution < -0.4 is 5.32 Å². The summed E-state index contributed by atoms with van der Waals surface area (Å²) in [5.41, 5.74) is 0. The Balaban J connectivity index is 2.43. The van der Waals surface area contributed by atoms with Gasteiger partial charge in [-0.25, -0.2) is 4.79 Å². The van der Waals surface area contributed by atoms with Crippen molar-refractivity contribution in [3.63, 3.8) is 0 Å². The van der Waals surface area contributed by atoms with Gasteiger partial charge >= 0.3 is 6.09 Å². The van der Waals surface area contributed by atoms with E-state index in [0.29, 0.717) is 13.0 Å². The Bertz CT molecular complexity index is 545. The number of carbonyl (C=O) groups is 2. The van der Waals surface area contributed by atoms with Gasteiger partial charge in [0.15, 0.2) is 0 Å². The highest BCUT2D eigenvalue weighted by molar-refractivity contribution is 5.84. The number of allylic oxidation sites excluding steroid dienone is 2. The molecule has 1 aliphatic rings. The first kappa shape index (κ1) is 25.4. The van der Waals surface area contributed by atoms with Crippen LogP contribution in [-0.2, 0) is 9.53 Å². The molecule has 1 aliphatic carbocycles. The van der Waals surface area contributed by atoms with Gasteiger partial charge in [-0.1, -0.05) is 51.0 Å². The van der Waals surface area contributed by atoms with Gasteiger partial charge in [0.1, 0.15) is 5.78 Å². The van der Waals surface area contributed by atoms with Crippen molar-refractivity contribution >= 4 is 11.9 Å². The Kier molecular flexibility index (Phi) is 12.6. The molecular formula is C23H39NO5. The van der Waals surface area contributed by atoms with Gasteiger partial charge in [-0.2, -0.15) is 0 Å². The lowest BCUT2D eigenvalue weighted by Gasteiger charge is -2.19. The minimum atomic E-state index is -0.669. The summed E-state index contributed by atoms with van der Waals surface area (Å²) in [6.45, 7) is 4.56. The van der Waals surface area contributed by atoms with E-state index in [9.17, 15) is 19.8 Å². The Hall–Kier alpha value is -1.66. The Morgan fingerprint density at radius 3 is 2.76 bits per heavy atom. The molecule has 0 aromatic rings. The number of hydrogen-bond donors (Lipinski definition) is 3. The molecule has 5 atom stereocenters. The third kappa shape index (κ3) is 9.59. The van der Waals surface area contributed by atoms with Gasteiger partial charge in [0.25, 0.3) is 0 Å². The molecule has 0 heterocycles. The molecule has 0 spiro atoms. The van der Waals surface area contributed by atoms with E-state index in [0.717, 1.165) is 38.5 Å². The number of carbonyl (C=O) groups excluding carboxylic acids is 2. The average Bonchev–Trinajstić information content (AvgIpc) is 2.98. The first-order chi connectivity index (χ1) is 13.9. The fourth-order valence-electron chi connectivity index (χ4n) is 3.62. The van der Waals surface area contributed by atoms with E-state index in [-0.39, 0.29) is 30.0 Å². The van der Waals surface area contributed by atoms with Crippen LogP contribution in [0, 0.1) is 17.8 Å². The number of aliphatic hydroxyl groups excluding tert-OH is 2. The lowest BCUT2D eigenvalue weighted by molar-refractivity contribution is -0.121. The first-order valence-electron chi connectivity index (χ1n) is 11.0. The highest BCUT2D eigenvalue weighted by atomic mass is 16.5. The second-order valence-corrected chi connectivity index (χ2v) is 8.01. The largest absolute Gasteiger partial charge is 0.450 e. The molecule has 0 aromatic carbocycles. The fourth-order valence-corrected chi connectivity index (χ4v) is 3.62. The molecule has 0 saturated heterocycles. The molecule has 166 valence electrons. The van der Waals surface area contributed by atoms with E-state index >= 15 is 0 Å². The van der Waals surface area contributed by atoms with Gasteiger partial charge in [-0.05, 0) is 38.0 Å². The van der Waals surface area contributed by atoms with Crippen LogP contribution in [-0.4, -0.2) is 48.0 Å². The van der Waals surface area contributed by atoms with Crippen LogP contribution in [0.1, 0.15) is 65.2 Å². The van der Waals surface area contributed by atoms with Crippen LogP contribution in [0.5, 0.6) is 0 Å². The van der Waals surface area contributed by atoms with Crippen molar-refractivity contribution in [3.8, 4) is 0 Å². The molecule has 6 nitrogen and oxygen atoms in total. The van der Waals surface area contributed by atoms with Crippen molar-refractivity contribution < 1.29 is 24.5 Å². The van der Waals surface area contributed by atoms with Gasteiger partial charge < -0.3 is 20.3 Å². The summed E-state index contributed by atoms with van der Waals surface area (Å²) in [5.74, 6) is -0.205. The predicted octanol–water partition coefficient (Wildman–Crippen LogP) is 3.77. The maximum Gasteiger partial charge on any atom is 0.406 e. The summed E-state index contributed by atoms with van der Waals surface area (Å²) in [7, 11) is 1.53. The number of rotatable bonds is 13. The molecular weight excluding hydrogens is 370 g/mol. The van der Waals surface area contributed by atoms with Crippen molar-refractivity contribution in [1.29, 1.82) is 0 Å². The van der Waals surface area contributed by atoms with Crippen molar-refractivity contribution in [1.82, 2.24) is 5.32 Å². The highest BCUT2D eigenvalue weighted by Crippen LogP contribution is 2.33. The molecule has 0 aliphatic heterocycles. The normalized spacial score (nSPS) is 24.3. The summed E-state index contributed by atoms with van der Waals surface area (Å²) >= 11 is 0. The third-order valence-electron chi connectivity index (χ3n) is 5.62. The second kappa shape index (κ2) is 14.3. The molecule has 0 bridgehead atoms.